The van der Waals surface area contributed by atoms with E-state index in [0.29, 0.717) is 11.1 Å². The van der Waals surface area contributed by atoms with E-state index in [1.54, 1.807) is 60.7 Å². The largest absolute Gasteiger partial charge is 0.523 e. The number of carbonyl (C=O) groups is 1. The molecule has 0 N–H and O–H groups in total. The maximum atomic E-state index is 12.6. The standard InChI is InChI=1S/C18H17F3O5S/c19-18(20,21)27(23,24)26-16(12-11-14-7-3-1-4-8-14)17(22)25-13-15-9-5-2-6-10-15/h1-10,16H,11-13H2. The molecular weight excluding hydrogens is 385 g/mol. The van der Waals surface area contributed by atoms with Crippen molar-refractivity contribution < 1.29 is 35.3 Å². The van der Waals surface area contributed by atoms with Crippen LogP contribution < -0.4 is 0 Å². The van der Waals surface area contributed by atoms with E-state index < -0.39 is 27.7 Å². The van der Waals surface area contributed by atoms with Gasteiger partial charge in [-0.25, -0.2) is 8.98 Å². The van der Waals surface area contributed by atoms with Crippen LogP contribution in [0.5, 0.6) is 0 Å². The third-order valence-electron chi connectivity index (χ3n) is 3.55. The summed E-state index contributed by atoms with van der Waals surface area (Å²) in [6.07, 6.45) is -2.05. The lowest BCUT2D eigenvalue weighted by Gasteiger charge is -2.17. The average Bonchev–Trinajstić information content (AvgIpc) is 2.64. The molecule has 0 radical (unpaired) electrons. The van der Waals surface area contributed by atoms with E-state index in [-0.39, 0.29) is 19.4 Å². The van der Waals surface area contributed by atoms with Crippen LogP contribution in [0.15, 0.2) is 60.7 Å². The van der Waals surface area contributed by atoms with Crippen LogP contribution in [-0.2, 0) is 36.9 Å². The first-order valence-electron chi connectivity index (χ1n) is 7.93. The van der Waals surface area contributed by atoms with E-state index in [1.165, 1.54) is 0 Å². The summed E-state index contributed by atoms with van der Waals surface area (Å²) in [4.78, 5) is 12.2. The molecule has 0 aliphatic rings. The van der Waals surface area contributed by atoms with Crippen molar-refractivity contribution in [2.75, 3.05) is 0 Å². The second kappa shape index (κ2) is 9.01. The molecule has 27 heavy (non-hydrogen) atoms. The molecule has 1 unspecified atom stereocenters. The lowest BCUT2D eigenvalue weighted by Crippen LogP contribution is -2.35. The zero-order valence-corrected chi connectivity index (χ0v) is 14.9. The molecule has 5 nitrogen and oxygen atoms in total. The number of hydrogen-bond donors (Lipinski definition) is 0. The van der Waals surface area contributed by atoms with Gasteiger partial charge < -0.3 is 4.74 Å². The number of benzene rings is 2. The number of rotatable bonds is 8. The third kappa shape index (κ3) is 6.37. The summed E-state index contributed by atoms with van der Waals surface area (Å²) in [5.74, 6) is -1.18. The number of ether oxygens (including phenoxy) is 1. The molecule has 0 fully saturated rings. The Morgan fingerprint density at radius 1 is 0.926 bits per heavy atom. The van der Waals surface area contributed by atoms with Crippen molar-refractivity contribution in [3.8, 4) is 0 Å². The van der Waals surface area contributed by atoms with Gasteiger partial charge in [0.15, 0.2) is 6.10 Å². The lowest BCUT2D eigenvalue weighted by molar-refractivity contribution is -0.154. The van der Waals surface area contributed by atoms with E-state index in [9.17, 15) is 26.4 Å². The van der Waals surface area contributed by atoms with Crippen LogP contribution in [0.3, 0.4) is 0 Å². The fourth-order valence-corrected chi connectivity index (χ4v) is 2.77. The Morgan fingerprint density at radius 3 is 1.96 bits per heavy atom. The minimum atomic E-state index is -5.93. The minimum Gasteiger partial charge on any atom is -0.459 e. The molecule has 2 aromatic carbocycles. The predicted octanol–water partition coefficient (Wildman–Crippen LogP) is 3.60. The van der Waals surface area contributed by atoms with Crippen molar-refractivity contribution in [1.29, 1.82) is 0 Å². The average molecular weight is 402 g/mol. The highest BCUT2D eigenvalue weighted by Gasteiger charge is 2.49. The summed E-state index contributed by atoms with van der Waals surface area (Å²) in [6.45, 7) is -0.211. The highest BCUT2D eigenvalue weighted by Crippen LogP contribution is 2.27. The minimum absolute atomic E-state index is 0.138. The maximum absolute atomic E-state index is 12.6. The molecule has 0 saturated carbocycles. The molecule has 2 aromatic rings. The summed E-state index contributed by atoms with van der Waals surface area (Å²) >= 11 is 0. The molecule has 2 rings (SSSR count). The second-order valence-electron chi connectivity index (χ2n) is 5.60. The van der Waals surface area contributed by atoms with Gasteiger partial charge in [0.25, 0.3) is 0 Å². The van der Waals surface area contributed by atoms with E-state index in [1.807, 2.05) is 0 Å². The summed E-state index contributed by atoms with van der Waals surface area (Å²) in [7, 11) is -5.93. The van der Waals surface area contributed by atoms with Gasteiger partial charge in [-0.2, -0.15) is 21.6 Å². The quantitative estimate of drug-likeness (QED) is 0.383. The molecule has 0 aliphatic heterocycles. The van der Waals surface area contributed by atoms with E-state index in [2.05, 4.69) is 4.18 Å². The van der Waals surface area contributed by atoms with Crippen LogP contribution >= 0.6 is 0 Å². The number of hydrogen-bond acceptors (Lipinski definition) is 5. The van der Waals surface area contributed by atoms with E-state index in [0.717, 1.165) is 0 Å². The maximum Gasteiger partial charge on any atom is 0.523 e. The first-order chi connectivity index (χ1) is 12.7. The smallest absolute Gasteiger partial charge is 0.459 e. The first-order valence-corrected chi connectivity index (χ1v) is 9.34. The van der Waals surface area contributed by atoms with Gasteiger partial charge in [0.1, 0.15) is 6.61 Å². The molecule has 0 spiro atoms. The van der Waals surface area contributed by atoms with Crippen LogP contribution in [0, 0.1) is 0 Å². The highest BCUT2D eigenvalue weighted by atomic mass is 32.2. The molecule has 9 heteroatoms. The Morgan fingerprint density at radius 2 is 1.44 bits per heavy atom. The van der Waals surface area contributed by atoms with Gasteiger partial charge in [-0.1, -0.05) is 60.7 Å². The summed E-state index contributed by atoms with van der Waals surface area (Å²) < 4.78 is 69.5. The van der Waals surface area contributed by atoms with Crippen LogP contribution in [0.25, 0.3) is 0 Å². The van der Waals surface area contributed by atoms with Gasteiger partial charge in [0, 0.05) is 0 Å². The van der Waals surface area contributed by atoms with Gasteiger partial charge in [-0.05, 0) is 24.0 Å². The molecule has 0 bridgehead atoms. The molecule has 0 aromatic heterocycles. The Hall–Kier alpha value is -2.39. The number of carbonyl (C=O) groups excluding carboxylic acids is 1. The predicted molar refractivity (Wildman–Crippen MR) is 90.8 cm³/mol. The molecule has 146 valence electrons. The van der Waals surface area contributed by atoms with Crippen molar-refractivity contribution in [3.05, 3.63) is 71.8 Å². The van der Waals surface area contributed by atoms with Crippen molar-refractivity contribution in [3.63, 3.8) is 0 Å². The lowest BCUT2D eigenvalue weighted by atomic mass is 10.1. The summed E-state index contributed by atoms with van der Waals surface area (Å²) in [5, 5.41) is 0. The normalized spacial score (nSPS) is 13.1. The van der Waals surface area contributed by atoms with Crippen LogP contribution in [-0.4, -0.2) is 26.0 Å². The third-order valence-corrected chi connectivity index (χ3v) is 4.60. The molecule has 0 amide bonds. The van der Waals surface area contributed by atoms with Gasteiger partial charge in [-0.15, -0.1) is 0 Å². The number of alkyl halides is 3. The zero-order chi connectivity index (χ0) is 19.9. The van der Waals surface area contributed by atoms with Crippen molar-refractivity contribution in [1.82, 2.24) is 0 Å². The Kier molecular flexibility index (Phi) is 6.98. The number of aryl methyl sites for hydroxylation is 1. The van der Waals surface area contributed by atoms with Crippen LogP contribution in [0.2, 0.25) is 0 Å². The van der Waals surface area contributed by atoms with Crippen molar-refractivity contribution in [2.24, 2.45) is 0 Å². The van der Waals surface area contributed by atoms with Gasteiger partial charge in [0.2, 0.25) is 0 Å². The summed E-state index contributed by atoms with van der Waals surface area (Å²) in [5.41, 5.74) is -4.31. The van der Waals surface area contributed by atoms with E-state index >= 15 is 0 Å². The zero-order valence-electron chi connectivity index (χ0n) is 14.1. The Balaban J connectivity index is 2.08. The SMILES string of the molecule is O=C(OCc1ccccc1)C(CCc1ccccc1)OS(=O)(=O)C(F)(F)F. The first kappa shape index (κ1) is 20.9. The van der Waals surface area contributed by atoms with Gasteiger partial charge in [0.05, 0.1) is 0 Å². The van der Waals surface area contributed by atoms with E-state index in [4.69, 9.17) is 4.74 Å². The molecule has 0 saturated heterocycles. The second-order valence-corrected chi connectivity index (χ2v) is 7.17. The Labute approximate surface area is 154 Å². The topological polar surface area (TPSA) is 69.7 Å². The number of halogens is 3. The monoisotopic (exact) mass is 402 g/mol. The number of esters is 1. The van der Waals surface area contributed by atoms with Crippen molar-refractivity contribution in [2.45, 2.75) is 31.1 Å². The molecular formula is C18H17F3O5S. The molecule has 1 atom stereocenters. The van der Waals surface area contributed by atoms with Crippen LogP contribution in [0.4, 0.5) is 13.2 Å². The highest BCUT2D eigenvalue weighted by molar-refractivity contribution is 7.87. The van der Waals surface area contributed by atoms with Gasteiger partial charge in [-0.3, -0.25) is 0 Å². The van der Waals surface area contributed by atoms with Gasteiger partial charge >= 0.3 is 21.6 Å². The fourth-order valence-electron chi connectivity index (χ4n) is 2.18. The molecule has 0 aliphatic carbocycles. The van der Waals surface area contributed by atoms with Crippen LogP contribution in [0.1, 0.15) is 17.5 Å². The fraction of sp³-hybridized carbons (Fsp3) is 0.278. The Bertz CT molecular complexity index is 836. The summed E-state index contributed by atoms with van der Waals surface area (Å²) in [6, 6.07) is 17.0. The van der Waals surface area contributed by atoms with Crippen molar-refractivity contribution >= 4 is 16.1 Å². The molecule has 0 heterocycles.